The zero-order valence-electron chi connectivity index (χ0n) is 22.5. The predicted molar refractivity (Wildman–Crippen MR) is 151 cm³/mol. The molecule has 0 saturated carbocycles. The van der Waals surface area contributed by atoms with E-state index in [-0.39, 0.29) is 24.8 Å². The molecule has 2 heterocycles. The second-order valence-electron chi connectivity index (χ2n) is 11.0. The van der Waals surface area contributed by atoms with Gasteiger partial charge in [-0.3, -0.25) is 0 Å². The molecule has 2 nitrogen and oxygen atoms in total. The largest absolute Gasteiger partial charge is 1.00 e. The number of hydrogen-bond donors (Lipinski definition) is 0. The molecule has 0 spiro atoms. The van der Waals surface area contributed by atoms with E-state index in [0.29, 0.717) is 0 Å². The average molecular weight is 627 g/mol. The molecule has 2 aliphatic carbocycles. The molecule has 8 rings (SSSR count). The summed E-state index contributed by atoms with van der Waals surface area (Å²) >= 11 is -0.987. The monoisotopic (exact) mass is 624 g/mol. The minimum absolute atomic E-state index is 0. The molecule has 5 heteroatoms. The van der Waals surface area contributed by atoms with Crippen LogP contribution in [0.15, 0.2) is 72.8 Å². The minimum Gasteiger partial charge on any atom is -1.00 e. The molecular formula is C34H28Cl2N2Zr. The maximum Gasteiger partial charge on any atom is -1.00 e. The van der Waals surface area contributed by atoms with Gasteiger partial charge in [0.2, 0.25) is 0 Å². The van der Waals surface area contributed by atoms with Crippen LogP contribution in [-0.2, 0) is 50.2 Å². The maximum atomic E-state index is 2.44. The second kappa shape index (κ2) is 9.51. The number of benzene rings is 4. The molecule has 0 amide bonds. The van der Waals surface area contributed by atoms with Gasteiger partial charge in [-0.25, -0.2) is 0 Å². The van der Waals surface area contributed by atoms with Crippen LogP contribution in [0.3, 0.4) is 0 Å². The summed E-state index contributed by atoms with van der Waals surface area (Å²) < 4.78 is 8.13. The van der Waals surface area contributed by atoms with Gasteiger partial charge in [0.05, 0.1) is 0 Å². The molecule has 0 radical (unpaired) electrons. The third kappa shape index (κ3) is 3.70. The van der Waals surface area contributed by atoms with Crippen molar-refractivity contribution in [1.82, 2.24) is 9.13 Å². The number of rotatable bonds is 2. The third-order valence-electron chi connectivity index (χ3n) is 8.76. The summed E-state index contributed by atoms with van der Waals surface area (Å²) in [6.45, 7) is 4.42. The quantitative estimate of drug-likeness (QED) is 0.264. The predicted octanol–water partition coefficient (Wildman–Crippen LogP) is 0.471. The van der Waals surface area contributed by atoms with Crippen molar-refractivity contribution in [1.29, 1.82) is 0 Å². The normalized spacial score (nSPS) is 12.4. The van der Waals surface area contributed by atoms with Crippen LogP contribution in [0.5, 0.6) is 0 Å². The number of hydrogen-bond acceptors (Lipinski definition) is 0. The first-order valence-electron chi connectivity index (χ1n) is 13.2. The van der Waals surface area contributed by atoms with Crippen molar-refractivity contribution in [2.75, 3.05) is 0 Å². The van der Waals surface area contributed by atoms with Gasteiger partial charge in [0.15, 0.2) is 0 Å². The van der Waals surface area contributed by atoms with Crippen molar-refractivity contribution >= 4 is 28.3 Å². The molecule has 0 unspecified atom stereocenters. The fraction of sp³-hybridized carbons (Fsp3) is 0.176. The van der Waals surface area contributed by atoms with Crippen LogP contribution in [0.4, 0.5) is 0 Å². The van der Waals surface area contributed by atoms with Gasteiger partial charge in [-0.05, 0) is 0 Å². The SMILES string of the molecule is Cc1ccc2c(c1)c1c(n2C)-c2ccc[c]([Zr+2][c]3cccc4c3Cc3c-4n(C)c4ccc(C)cc34)c2C1.[Cl-].[Cl-]. The Morgan fingerprint density at radius 2 is 1.00 bits per heavy atom. The summed E-state index contributed by atoms with van der Waals surface area (Å²) in [5, 5.41) is 2.87. The summed E-state index contributed by atoms with van der Waals surface area (Å²) in [6.07, 6.45) is 2.14. The van der Waals surface area contributed by atoms with Crippen molar-refractivity contribution in [2.45, 2.75) is 26.7 Å². The number of aryl methyl sites for hydroxylation is 4. The molecule has 2 aliphatic rings. The first-order chi connectivity index (χ1) is 18.0. The Hall–Kier alpha value is -2.58. The molecular weight excluding hydrogens is 599 g/mol. The first kappa shape index (κ1) is 26.6. The Labute approximate surface area is 253 Å². The van der Waals surface area contributed by atoms with Gasteiger partial charge in [-0.15, -0.1) is 0 Å². The van der Waals surface area contributed by atoms with E-state index in [9.17, 15) is 0 Å². The molecule has 0 N–H and O–H groups in total. The van der Waals surface area contributed by atoms with E-state index in [1.807, 2.05) is 0 Å². The molecule has 2 aromatic heterocycles. The van der Waals surface area contributed by atoms with Crippen molar-refractivity contribution in [2.24, 2.45) is 14.1 Å². The molecule has 39 heavy (non-hydrogen) atoms. The molecule has 4 aromatic carbocycles. The molecule has 0 bridgehead atoms. The molecule has 0 atom stereocenters. The van der Waals surface area contributed by atoms with Gasteiger partial charge >= 0.3 is 230 Å². The summed E-state index contributed by atoms with van der Waals surface area (Å²) in [6, 6.07) is 28.0. The van der Waals surface area contributed by atoms with Crippen molar-refractivity contribution < 1.29 is 48.0 Å². The number of aromatic nitrogens is 2. The van der Waals surface area contributed by atoms with E-state index in [1.165, 1.54) is 66.6 Å². The fourth-order valence-electron chi connectivity index (χ4n) is 7.04. The summed E-state index contributed by atoms with van der Waals surface area (Å²) in [5.41, 5.74) is 17.4. The molecule has 6 aromatic rings. The number of halogens is 2. The van der Waals surface area contributed by atoms with E-state index >= 15 is 0 Å². The van der Waals surface area contributed by atoms with Gasteiger partial charge in [0, 0.05) is 0 Å². The summed E-state index contributed by atoms with van der Waals surface area (Å²) in [7, 11) is 4.48. The van der Waals surface area contributed by atoms with E-state index in [4.69, 9.17) is 0 Å². The minimum atomic E-state index is -0.987. The maximum absolute atomic E-state index is 2.44. The molecule has 0 aliphatic heterocycles. The van der Waals surface area contributed by atoms with Crippen molar-refractivity contribution in [3.63, 3.8) is 0 Å². The third-order valence-corrected chi connectivity index (χ3v) is 12.4. The zero-order chi connectivity index (χ0) is 25.0. The first-order valence-corrected chi connectivity index (χ1v) is 15.6. The van der Waals surface area contributed by atoms with Crippen LogP contribution in [-0.4, -0.2) is 9.13 Å². The Bertz CT molecular complexity index is 1820. The molecule has 0 saturated heterocycles. The van der Waals surface area contributed by atoms with Gasteiger partial charge < -0.3 is 24.8 Å². The summed E-state index contributed by atoms with van der Waals surface area (Å²) in [5.74, 6) is 0. The van der Waals surface area contributed by atoms with Crippen LogP contribution in [0, 0.1) is 13.8 Å². The Morgan fingerprint density at radius 1 is 0.564 bits per heavy atom. The standard InChI is InChI=1S/2C17H14N.2ClH.Zr/c2*1-11-7-8-16-14(9-11)15-10-12-5-3-4-6-13(12)17(15)18(16)2;;;/h2*3-4,6-9H,10H2,1-2H3;2*1H;/q;;;;+2/p-2. The van der Waals surface area contributed by atoms with Crippen molar-refractivity contribution in [3.05, 3.63) is 106 Å². The van der Waals surface area contributed by atoms with Crippen LogP contribution in [0.25, 0.3) is 44.3 Å². The Balaban J connectivity index is 0.00000138. The average Bonchev–Trinajstić information content (AvgIpc) is 3.60. The molecule has 0 fully saturated rings. The van der Waals surface area contributed by atoms with Crippen LogP contribution < -0.4 is 31.4 Å². The summed E-state index contributed by atoms with van der Waals surface area (Å²) in [4.78, 5) is 0. The second-order valence-corrected chi connectivity index (χ2v) is 14.2. The van der Waals surface area contributed by atoms with Crippen LogP contribution in [0.2, 0.25) is 0 Å². The van der Waals surface area contributed by atoms with Gasteiger partial charge in [0.25, 0.3) is 0 Å². The Morgan fingerprint density at radius 3 is 1.44 bits per heavy atom. The molecule has 192 valence electrons. The van der Waals surface area contributed by atoms with E-state index < -0.39 is 23.2 Å². The van der Waals surface area contributed by atoms with Crippen molar-refractivity contribution in [3.8, 4) is 22.5 Å². The van der Waals surface area contributed by atoms with Gasteiger partial charge in [-0.2, -0.15) is 0 Å². The number of nitrogens with zero attached hydrogens (tertiary/aromatic N) is 2. The van der Waals surface area contributed by atoms with Crippen LogP contribution in [0.1, 0.15) is 33.4 Å². The van der Waals surface area contributed by atoms with Crippen LogP contribution >= 0.6 is 0 Å². The Kier molecular flexibility index (Phi) is 6.50. The van der Waals surface area contributed by atoms with E-state index in [1.54, 1.807) is 17.7 Å². The van der Waals surface area contributed by atoms with Gasteiger partial charge in [0.1, 0.15) is 0 Å². The fourth-order valence-corrected chi connectivity index (χ4v) is 10.5. The topological polar surface area (TPSA) is 9.86 Å². The van der Waals surface area contributed by atoms with Gasteiger partial charge in [-0.1, -0.05) is 0 Å². The van der Waals surface area contributed by atoms with E-state index in [2.05, 4.69) is 110 Å². The number of fused-ring (bicyclic) bond motifs is 10. The zero-order valence-corrected chi connectivity index (χ0v) is 26.5. The van der Waals surface area contributed by atoms with E-state index in [0.717, 1.165) is 12.8 Å². The smallest absolute Gasteiger partial charge is 1.00 e.